The Labute approximate surface area is 98.2 Å². The zero-order valence-electron chi connectivity index (χ0n) is 10.2. The lowest BCUT2D eigenvalue weighted by atomic mass is 9.98. The molecule has 1 aliphatic rings. The van der Waals surface area contributed by atoms with Crippen molar-refractivity contribution in [3.63, 3.8) is 0 Å². The number of benzene rings is 1. The molecule has 0 saturated carbocycles. The molecule has 1 aromatic carbocycles. The monoisotopic (exact) mass is 218 g/mol. The number of aryl methyl sites for hydroxylation is 1. The second-order valence-electron chi connectivity index (χ2n) is 4.20. The summed E-state index contributed by atoms with van der Waals surface area (Å²) in [6, 6.07) is 10.1. The Bertz CT molecular complexity index is 331. The molecule has 0 unspecified atom stereocenters. The molecular weight excluding hydrogens is 198 g/mol. The third-order valence-electron chi connectivity index (χ3n) is 3.27. The average Bonchev–Trinajstić information content (AvgIpc) is 2.39. The van der Waals surface area contributed by atoms with E-state index in [0.717, 1.165) is 32.7 Å². The van der Waals surface area contributed by atoms with Crippen molar-refractivity contribution in [2.75, 3.05) is 26.3 Å². The van der Waals surface area contributed by atoms with Gasteiger partial charge in [0.1, 0.15) is 0 Å². The van der Waals surface area contributed by atoms with Crippen LogP contribution in [-0.4, -0.2) is 31.2 Å². The SMILES string of the molecule is CCc1ccccc1[C](C)N1CCOCC1. The molecular formula is C14H20NO. The van der Waals surface area contributed by atoms with Gasteiger partial charge in [0.2, 0.25) is 0 Å². The van der Waals surface area contributed by atoms with Crippen LogP contribution in [0.15, 0.2) is 24.3 Å². The third kappa shape index (κ3) is 2.45. The highest BCUT2D eigenvalue weighted by Crippen LogP contribution is 2.23. The first-order chi connectivity index (χ1) is 7.83. The summed E-state index contributed by atoms with van der Waals surface area (Å²) in [5.41, 5.74) is 2.83. The van der Waals surface area contributed by atoms with Gasteiger partial charge in [-0.15, -0.1) is 0 Å². The summed E-state index contributed by atoms with van der Waals surface area (Å²) in [6.45, 7) is 8.18. The molecule has 2 nitrogen and oxygen atoms in total. The van der Waals surface area contributed by atoms with Crippen LogP contribution in [0.4, 0.5) is 0 Å². The normalized spacial score (nSPS) is 17.9. The number of ether oxygens (including phenoxy) is 1. The molecule has 0 bridgehead atoms. The Morgan fingerprint density at radius 3 is 2.62 bits per heavy atom. The van der Waals surface area contributed by atoms with Crippen molar-refractivity contribution < 1.29 is 4.74 Å². The summed E-state index contributed by atoms with van der Waals surface area (Å²) in [6.07, 6.45) is 1.10. The molecule has 16 heavy (non-hydrogen) atoms. The van der Waals surface area contributed by atoms with Crippen LogP contribution in [-0.2, 0) is 11.2 Å². The minimum absolute atomic E-state index is 0.853. The minimum Gasteiger partial charge on any atom is -0.379 e. The van der Waals surface area contributed by atoms with Gasteiger partial charge in [0.15, 0.2) is 0 Å². The Balaban J connectivity index is 2.15. The maximum absolute atomic E-state index is 5.39. The van der Waals surface area contributed by atoms with Crippen LogP contribution in [0.3, 0.4) is 0 Å². The van der Waals surface area contributed by atoms with Crippen molar-refractivity contribution in [2.45, 2.75) is 20.3 Å². The van der Waals surface area contributed by atoms with E-state index in [0.29, 0.717) is 0 Å². The summed E-state index contributed by atoms with van der Waals surface area (Å²) < 4.78 is 5.39. The molecule has 1 radical (unpaired) electrons. The molecule has 1 fully saturated rings. The van der Waals surface area contributed by atoms with Gasteiger partial charge in [-0.2, -0.15) is 0 Å². The quantitative estimate of drug-likeness (QED) is 0.773. The molecule has 1 aromatic rings. The molecule has 0 spiro atoms. The molecule has 1 saturated heterocycles. The average molecular weight is 218 g/mol. The molecule has 0 atom stereocenters. The van der Waals surface area contributed by atoms with E-state index in [-0.39, 0.29) is 0 Å². The van der Waals surface area contributed by atoms with E-state index >= 15 is 0 Å². The molecule has 1 heterocycles. The van der Waals surface area contributed by atoms with Crippen LogP contribution in [0, 0.1) is 6.04 Å². The largest absolute Gasteiger partial charge is 0.379 e. The lowest BCUT2D eigenvalue weighted by Crippen LogP contribution is -2.38. The van der Waals surface area contributed by atoms with Gasteiger partial charge in [-0.1, -0.05) is 31.2 Å². The smallest absolute Gasteiger partial charge is 0.0661 e. The van der Waals surface area contributed by atoms with Crippen molar-refractivity contribution in [3.05, 3.63) is 41.4 Å². The molecule has 2 heteroatoms. The van der Waals surface area contributed by atoms with Gasteiger partial charge >= 0.3 is 0 Å². The van der Waals surface area contributed by atoms with E-state index in [1.807, 2.05) is 0 Å². The topological polar surface area (TPSA) is 12.5 Å². The van der Waals surface area contributed by atoms with Gasteiger partial charge in [0.05, 0.1) is 19.3 Å². The predicted octanol–water partition coefficient (Wildman–Crippen LogP) is 2.48. The number of hydrogen-bond acceptors (Lipinski definition) is 2. The van der Waals surface area contributed by atoms with Crippen LogP contribution in [0.1, 0.15) is 25.0 Å². The molecule has 1 aliphatic heterocycles. The summed E-state index contributed by atoms with van der Waals surface area (Å²) in [5, 5.41) is 0. The minimum atomic E-state index is 0.853. The summed E-state index contributed by atoms with van der Waals surface area (Å²) in [5.74, 6) is 0. The number of hydrogen-bond donors (Lipinski definition) is 0. The highest BCUT2D eigenvalue weighted by atomic mass is 16.5. The molecule has 0 N–H and O–H groups in total. The Morgan fingerprint density at radius 2 is 1.94 bits per heavy atom. The maximum atomic E-state index is 5.39. The van der Waals surface area contributed by atoms with Gasteiger partial charge < -0.3 is 4.74 Å². The second-order valence-corrected chi connectivity index (χ2v) is 4.20. The fourth-order valence-electron chi connectivity index (χ4n) is 2.25. The van der Waals surface area contributed by atoms with Gasteiger partial charge in [-0.05, 0) is 24.5 Å². The molecule has 87 valence electrons. The van der Waals surface area contributed by atoms with E-state index in [1.54, 1.807) is 0 Å². The Hall–Kier alpha value is -0.860. The van der Waals surface area contributed by atoms with Gasteiger partial charge in [0, 0.05) is 13.1 Å². The molecule has 0 amide bonds. The van der Waals surface area contributed by atoms with E-state index in [9.17, 15) is 0 Å². The first kappa shape index (κ1) is 11.6. The van der Waals surface area contributed by atoms with Crippen LogP contribution in [0.5, 0.6) is 0 Å². The predicted molar refractivity (Wildman–Crippen MR) is 66.2 cm³/mol. The lowest BCUT2D eigenvalue weighted by molar-refractivity contribution is 0.0448. The number of morpholine rings is 1. The van der Waals surface area contributed by atoms with Crippen LogP contribution in [0.2, 0.25) is 0 Å². The summed E-state index contributed by atoms with van der Waals surface area (Å²) in [7, 11) is 0. The first-order valence-corrected chi connectivity index (χ1v) is 6.07. The number of nitrogens with zero attached hydrogens (tertiary/aromatic N) is 1. The van der Waals surface area contributed by atoms with Crippen molar-refractivity contribution in [1.29, 1.82) is 0 Å². The van der Waals surface area contributed by atoms with E-state index in [4.69, 9.17) is 4.74 Å². The van der Waals surface area contributed by atoms with Crippen LogP contribution in [0.25, 0.3) is 0 Å². The maximum Gasteiger partial charge on any atom is 0.0661 e. The van der Waals surface area contributed by atoms with Gasteiger partial charge in [-0.3, -0.25) is 4.90 Å². The zero-order chi connectivity index (χ0) is 11.4. The molecule has 2 rings (SSSR count). The molecule has 0 aromatic heterocycles. The highest BCUT2D eigenvalue weighted by molar-refractivity contribution is 5.37. The molecule has 0 aliphatic carbocycles. The van der Waals surface area contributed by atoms with Crippen LogP contribution >= 0.6 is 0 Å². The first-order valence-electron chi connectivity index (χ1n) is 6.07. The summed E-state index contributed by atoms with van der Waals surface area (Å²) in [4.78, 5) is 2.43. The fourth-order valence-corrected chi connectivity index (χ4v) is 2.25. The van der Waals surface area contributed by atoms with Crippen LogP contribution < -0.4 is 0 Å². The fraction of sp³-hybridized carbons (Fsp3) is 0.500. The van der Waals surface area contributed by atoms with Crippen molar-refractivity contribution in [2.24, 2.45) is 0 Å². The summed E-state index contributed by atoms with van der Waals surface area (Å²) >= 11 is 0. The van der Waals surface area contributed by atoms with Crippen molar-refractivity contribution in [1.82, 2.24) is 4.90 Å². The highest BCUT2D eigenvalue weighted by Gasteiger charge is 2.20. The number of rotatable bonds is 3. The van der Waals surface area contributed by atoms with Gasteiger partial charge in [-0.25, -0.2) is 0 Å². The lowest BCUT2D eigenvalue weighted by Gasteiger charge is -2.32. The van der Waals surface area contributed by atoms with Crippen molar-refractivity contribution in [3.8, 4) is 0 Å². The van der Waals surface area contributed by atoms with Crippen molar-refractivity contribution >= 4 is 0 Å². The van der Waals surface area contributed by atoms with E-state index in [2.05, 4.69) is 43.0 Å². The van der Waals surface area contributed by atoms with E-state index in [1.165, 1.54) is 17.2 Å². The van der Waals surface area contributed by atoms with E-state index < -0.39 is 0 Å². The second kappa shape index (κ2) is 5.46. The standard InChI is InChI=1S/C14H20NO/c1-3-13-6-4-5-7-14(13)12(2)15-8-10-16-11-9-15/h4-7H,3,8-11H2,1-2H3. The zero-order valence-corrected chi connectivity index (χ0v) is 10.2. The Morgan fingerprint density at radius 1 is 1.25 bits per heavy atom. The van der Waals surface area contributed by atoms with Gasteiger partial charge in [0.25, 0.3) is 0 Å². The Kier molecular flexibility index (Phi) is 3.97. The third-order valence-corrected chi connectivity index (χ3v) is 3.27.